The molecule has 0 unspecified atom stereocenters. The summed E-state index contributed by atoms with van der Waals surface area (Å²) in [6, 6.07) is 22.9. The number of imidazole rings is 1. The zero-order valence-corrected chi connectivity index (χ0v) is 22.1. The summed E-state index contributed by atoms with van der Waals surface area (Å²) >= 11 is 1.39. The van der Waals surface area contributed by atoms with E-state index in [9.17, 15) is 4.79 Å². The number of rotatable bonds is 7. The number of fused-ring (bicyclic) bond motifs is 1. The molecule has 1 aliphatic heterocycles. The number of hydrogen-bond acceptors (Lipinski definition) is 6. The lowest BCUT2D eigenvalue weighted by Gasteiger charge is -2.27. The Hall–Kier alpha value is -3.85. The first-order chi connectivity index (χ1) is 18.7. The fourth-order valence-corrected chi connectivity index (χ4v) is 5.49. The fraction of sp³-hybridized carbons (Fsp3) is 0.233. The van der Waals surface area contributed by atoms with Crippen molar-refractivity contribution in [3.63, 3.8) is 0 Å². The number of carbonyl (C=O) groups is 1. The average molecular weight is 524 g/mol. The summed E-state index contributed by atoms with van der Waals surface area (Å²) < 4.78 is 7.78. The molecule has 1 N–H and O–H groups in total. The van der Waals surface area contributed by atoms with Crippen molar-refractivity contribution in [2.24, 2.45) is 0 Å². The van der Waals surface area contributed by atoms with E-state index in [2.05, 4.69) is 81.3 Å². The molecule has 0 bridgehead atoms. The number of thiazole rings is 1. The second kappa shape index (κ2) is 10.9. The van der Waals surface area contributed by atoms with Crippen molar-refractivity contribution >= 4 is 33.1 Å². The standard InChI is InChI=1S/C30H29N5O2S/c1-21-9-11-23(12-10-21)27-26(29(36)33-30-31-13-20-38-30)32-28(35(27)15-14-34-16-18-37-19-17-34)25-8-4-6-22-5-2-3-7-24(22)25/h2-13,20H,14-19H2,1H3,(H,31,33,36). The normalized spacial score (nSPS) is 14.1. The van der Waals surface area contributed by atoms with E-state index in [1.165, 1.54) is 11.3 Å². The van der Waals surface area contributed by atoms with Crippen molar-refractivity contribution in [3.8, 4) is 22.6 Å². The van der Waals surface area contributed by atoms with Crippen molar-refractivity contribution in [1.82, 2.24) is 19.4 Å². The molecule has 0 radical (unpaired) electrons. The minimum atomic E-state index is -0.262. The molecular weight excluding hydrogens is 494 g/mol. The Morgan fingerprint density at radius 1 is 1.00 bits per heavy atom. The van der Waals surface area contributed by atoms with Crippen molar-refractivity contribution in [3.05, 3.63) is 89.6 Å². The summed E-state index contributed by atoms with van der Waals surface area (Å²) in [6.07, 6.45) is 1.68. The summed E-state index contributed by atoms with van der Waals surface area (Å²) in [5, 5.41) is 7.61. The number of morpholine rings is 1. The van der Waals surface area contributed by atoms with E-state index in [4.69, 9.17) is 9.72 Å². The average Bonchev–Trinajstić information content (AvgIpc) is 3.60. The highest BCUT2D eigenvalue weighted by molar-refractivity contribution is 7.13. The number of aryl methyl sites for hydroxylation is 1. The third-order valence-corrected chi connectivity index (χ3v) is 7.62. The monoisotopic (exact) mass is 523 g/mol. The van der Waals surface area contributed by atoms with E-state index in [-0.39, 0.29) is 5.91 Å². The van der Waals surface area contributed by atoms with Crippen LogP contribution in [-0.4, -0.2) is 58.2 Å². The predicted molar refractivity (Wildman–Crippen MR) is 153 cm³/mol. The maximum absolute atomic E-state index is 13.7. The van der Waals surface area contributed by atoms with Gasteiger partial charge in [0.05, 0.1) is 18.9 Å². The summed E-state index contributed by atoms with van der Waals surface area (Å²) in [5.41, 5.74) is 4.34. The van der Waals surface area contributed by atoms with Gasteiger partial charge in [0.1, 0.15) is 5.82 Å². The lowest BCUT2D eigenvalue weighted by Crippen LogP contribution is -2.38. The molecule has 38 heavy (non-hydrogen) atoms. The van der Waals surface area contributed by atoms with Gasteiger partial charge < -0.3 is 9.30 Å². The summed E-state index contributed by atoms with van der Waals surface area (Å²) in [7, 11) is 0. The molecule has 0 aliphatic carbocycles. The maximum atomic E-state index is 13.7. The number of amides is 1. The number of nitrogens with one attached hydrogen (secondary N) is 1. The molecule has 1 fully saturated rings. The van der Waals surface area contributed by atoms with Crippen molar-refractivity contribution < 1.29 is 9.53 Å². The van der Waals surface area contributed by atoms with Gasteiger partial charge in [-0.25, -0.2) is 9.97 Å². The highest BCUT2D eigenvalue weighted by Crippen LogP contribution is 2.34. The Balaban J connectivity index is 1.53. The largest absolute Gasteiger partial charge is 0.379 e. The van der Waals surface area contributed by atoms with Crippen LogP contribution in [0.4, 0.5) is 5.13 Å². The van der Waals surface area contributed by atoms with Crippen LogP contribution in [0, 0.1) is 6.92 Å². The van der Waals surface area contributed by atoms with Crippen LogP contribution in [0.25, 0.3) is 33.4 Å². The summed E-state index contributed by atoms with van der Waals surface area (Å²) in [5.74, 6) is 0.525. The Morgan fingerprint density at radius 2 is 1.79 bits per heavy atom. The van der Waals surface area contributed by atoms with E-state index in [0.29, 0.717) is 17.4 Å². The second-order valence-corrected chi connectivity index (χ2v) is 10.3. The van der Waals surface area contributed by atoms with Gasteiger partial charge in [0.2, 0.25) is 0 Å². The van der Waals surface area contributed by atoms with Gasteiger partial charge in [0.25, 0.3) is 5.91 Å². The molecule has 2 aromatic heterocycles. The molecule has 3 aromatic carbocycles. The van der Waals surface area contributed by atoms with Crippen LogP contribution in [0.2, 0.25) is 0 Å². The Bertz CT molecular complexity index is 1550. The van der Waals surface area contributed by atoms with Crippen molar-refractivity contribution in [2.75, 3.05) is 38.2 Å². The van der Waals surface area contributed by atoms with E-state index in [0.717, 1.165) is 71.8 Å². The van der Waals surface area contributed by atoms with Crippen LogP contribution in [0.5, 0.6) is 0 Å². The molecule has 0 saturated carbocycles. The number of nitrogens with zero attached hydrogens (tertiary/aromatic N) is 4. The molecule has 1 amide bonds. The first-order valence-electron chi connectivity index (χ1n) is 12.8. The quantitative estimate of drug-likeness (QED) is 0.295. The van der Waals surface area contributed by atoms with E-state index < -0.39 is 0 Å². The highest BCUT2D eigenvalue weighted by atomic mass is 32.1. The van der Waals surface area contributed by atoms with Crippen molar-refractivity contribution in [1.29, 1.82) is 0 Å². The van der Waals surface area contributed by atoms with Crippen LogP contribution < -0.4 is 5.32 Å². The molecule has 6 rings (SSSR count). The molecule has 3 heterocycles. The molecular formula is C30H29N5O2S. The third-order valence-electron chi connectivity index (χ3n) is 6.93. The number of anilines is 1. The van der Waals surface area contributed by atoms with E-state index in [1.54, 1.807) is 6.20 Å². The Kier molecular flexibility index (Phi) is 7.00. The van der Waals surface area contributed by atoms with Gasteiger partial charge >= 0.3 is 0 Å². The molecule has 5 aromatic rings. The second-order valence-electron chi connectivity index (χ2n) is 9.42. The number of benzene rings is 3. The van der Waals surface area contributed by atoms with Gasteiger partial charge in [0.15, 0.2) is 10.8 Å². The fourth-order valence-electron chi connectivity index (χ4n) is 4.97. The maximum Gasteiger partial charge on any atom is 0.278 e. The zero-order valence-electron chi connectivity index (χ0n) is 21.3. The first kappa shape index (κ1) is 24.5. The van der Waals surface area contributed by atoms with Gasteiger partial charge in [-0.15, -0.1) is 11.3 Å². The summed E-state index contributed by atoms with van der Waals surface area (Å²) in [4.78, 5) is 25.4. The predicted octanol–water partition coefficient (Wildman–Crippen LogP) is 5.72. The third kappa shape index (κ3) is 4.98. The van der Waals surface area contributed by atoms with Gasteiger partial charge in [0, 0.05) is 48.9 Å². The molecule has 8 heteroatoms. The van der Waals surface area contributed by atoms with Gasteiger partial charge in [-0.1, -0.05) is 72.3 Å². The molecule has 0 spiro atoms. The van der Waals surface area contributed by atoms with Crippen LogP contribution in [0.15, 0.2) is 78.3 Å². The molecule has 0 atom stereocenters. The smallest absolute Gasteiger partial charge is 0.278 e. The van der Waals surface area contributed by atoms with Crippen LogP contribution in [0.1, 0.15) is 16.1 Å². The molecule has 7 nitrogen and oxygen atoms in total. The summed E-state index contributed by atoms with van der Waals surface area (Å²) in [6.45, 7) is 6.88. The minimum Gasteiger partial charge on any atom is -0.379 e. The first-order valence-corrected chi connectivity index (χ1v) is 13.7. The van der Waals surface area contributed by atoms with Crippen LogP contribution >= 0.6 is 11.3 Å². The van der Waals surface area contributed by atoms with Crippen molar-refractivity contribution in [2.45, 2.75) is 13.5 Å². The minimum absolute atomic E-state index is 0.262. The van der Waals surface area contributed by atoms with Crippen LogP contribution in [0.3, 0.4) is 0 Å². The number of carbonyl (C=O) groups excluding carboxylic acids is 1. The van der Waals surface area contributed by atoms with E-state index >= 15 is 0 Å². The number of ether oxygens (including phenoxy) is 1. The van der Waals surface area contributed by atoms with Gasteiger partial charge in [-0.3, -0.25) is 15.0 Å². The molecule has 1 saturated heterocycles. The Morgan fingerprint density at radius 3 is 2.58 bits per heavy atom. The van der Waals surface area contributed by atoms with E-state index in [1.807, 2.05) is 17.5 Å². The number of hydrogen-bond donors (Lipinski definition) is 1. The van der Waals surface area contributed by atoms with Gasteiger partial charge in [-0.2, -0.15) is 0 Å². The van der Waals surface area contributed by atoms with Gasteiger partial charge in [-0.05, 0) is 17.7 Å². The van der Waals surface area contributed by atoms with Crippen LogP contribution in [-0.2, 0) is 11.3 Å². The molecule has 1 aliphatic rings. The topological polar surface area (TPSA) is 72.3 Å². The highest BCUT2D eigenvalue weighted by Gasteiger charge is 2.26. The zero-order chi connectivity index (χ0) is 25.9. The number of aromatic nitrogens is 3. The lowest BCUT2D eigenvalue weighted by atomic mass is 10.0. The molecule has 192 valence electrons. The SMILES string of the molecule is Cc1ccc(-c2c(C(=O)Nc3nccs3)nc(-c3cccc4ccccc34)n2CCN2CCOCC2)cc1. The Labute approximate surface area is 225 Å². The lowest BCUT2D eigenvalue weighted by molar-refractivity contribution is 0.0365.